The Kier molecular flexibility index (Phi) is 4.96. The Labute approximate surface area is 118 Å². The average molecular weight is 276 g/mol. The van der Waals surface area contributed by atoms with Crippen LogP contribution >= 0.6 is 11.3 Å². The van der Waals surface area contributed by atoms with Crippen molar-refractivity contribution < 1.29 is 5.11 Å². The van der Waals surface area contributed by atoms with E-state index in [1.54, 1.807) is 11.3 Å². The molecule has 3 nitrogen and oxygen atoms in total. The Morgan fingerprint density at radius 1 is 1.26 bits per heavy atom. The summed E-state index contributed by atoms with van der Waals surface area (Å²) in [7, 11) is 0. The minimum Gasteiger partial charge on any atom is -0.398 e. The topological polar surface area (TPSA) is 49.5 Å². The molecule has 1 heterocycles. The van der Waals surface area contributed by atoms with E-state index in [1.807, 2.05) is 24.3 Å². The second-order valence-corrected chi connectivity index (χ2v) is 5.58. The molecule has 0 aliphatic rings. The summed E-state index contributed by atoms with van der Waals surface area (Å²) in [5.41, 5.74) is 7.37. The van der Waals surface area contributed by atoms with Gasteiger partial charge < -0.3 is 10.8 Å². The molecule has 0 spiro atoms. The predicted octanol–water partition coefficient (Wildman–Crippen LogP) is 2.89. The molecule has 2 rings (SSSR count). The molecule has 0 radical (unpaired) electrons. The quantitative estimate of drug-likeness (QED) is 0.798. The van der Waals surface area contributed by atoms with Crippen LogP contribution in [0.4, 0.5) is 5.69 Å². The summed E-state index contributed by atoms with van der Waals surface area (Å²) in [6.45, 7) is 4.48. The van der Waals surface area contributed by atoms with E-state index in [-0.39, 0.29) is 0 Å². The van der Waals surface area contributed by atoms with Crippen molar-refractivity contribution in [3.63, 3.8) is 0 Å². The van der Waals surface area contributed by atoms with Crippen molar-refractivity contribution in [3.05, 3.63) is 52.2 Å². The van der Waals surface area contributed by atoms with Gasteiger partial charge in [-0.25, -0.2) is 0 Å². The van der Waals surface area contributed by atoms with Crippen molar-refractivity contribution in [1.29, 1.82) is 0 Å². The van der Waals surface area contributed by atoms with Gasteiger partial charge in [-0.1, -0.05) is 31.2 Å². The number of benzene rings is 1. The highest BCUT2D eigenvalue weighted by molar-refractivity contribution is 7.09. The molecule has 1 aromatic carbocycles. The number of likely N-dealkylation sites (N-methyl/N-ethyl adjacent to an activating group) is 1. The maximum Gasteiger partial charge on any atom is 0.0936 e. The van der Waals surface area contributed by atoms with E-state index in [0.29, 0.717) is 12.2 Å². The monoisotopic (exact) mass is 276 g/mol. The van der Waals surface area contributed by atoms with Crippen LogP contribution in [-0.4, -0.2) is 23.1 Å². The van der Waals surface area contributed by atoms with Crippen LogP contribution in [0.2, 0.25) is 0 Å². The van der Waals surface area contributed by atoms with Crippen molar-refractivity contribution >= 4 is 17.0 Å². The number of thiophene rings is 1. The van der Waals surface area contributed by atoms with Gasteiger partial charge in [-0.3, -0.25) is 4.90 Å². The summed E-state index contributed by atoms with van der Waals surface area (Å²) >= 11 is 1.74. The van der Waals surface area contributed by atoms with Crippen LogP contribution in [0.25, 0.3) is 0 Å². The van der Waals surface area contributed by atoms with Crippen LogP contribution in [0.5, 0.6) is 0 Å². The van der Waals surface area contributed by atoms with Crippen LogP contribution in [-0.2, 0) is 6.54 Å². The zero-order chi connectivity index (χ0) is 13.7. The number of nitrogen functional groups attached to an aromatic ring is 1. The van der Waals surface area contributed by atoms with E-state index < -0.39 is 6.10 Å². The molecule has 1 atom stereocenters. The molecule has 4 heteroatoms. The maximum absolute atomic E-state index is 10.3. The van der Waals surface area contributed by atoms with Crippen molar-refractivity contribution in [2.75, 3.05) is 18.8 Å². The van der Waals surface area contributed by atoms with Crippen LogP contribution in [0.1, 0.15) is 23.5 Å². The van der Waals surface area contributed by atoms with Crippen molar-refractivity contribution in [2.45, 2.75) is 19.6 Å². The molecule has 0 saturated heterocycles. The zero-order valence-electron chi connectivity index (χ0n) is 11.1. The van der Waals surface area contributed by atoms with E-state index in [4.69, 9.17) is 5.73 Å². The fraction of sp³-hybridized carbons (Fsp3) is 0.333. The molecule has 0 bridgehead atoms. The van der Waals surface area contributed by atoms with Gasteiger partial charge >= 0.3 is 0 Å². The Bertz CT molecular complexity index is 499. The van der Waals surface area contributed by atoms with Gasteiger partial charge in [-0.2, -0.15) is 0 Å². The second kappa shape index (κ2) is 6.70. The molecular formula is C15H20N2OS. The van der Waals surface area contributed by atoms with Gasteiger partial charge in [0.25, 0.3) is 0 Å². The first kappa shape index (κ1) is 14.1. The Morgan fingerprint density at radius 2 is 2.05 bits per heavy atom. The van der Waals surface area contributed by atoms with Gasteiger partial charge in [0, 0.05) is 29.2 Å². The molecule has 0 saturated carbocycles. The fourth-order valence-electron chi connectivity index (χ4n) is 2.09. The Hall–Kier alpha value is -1.36. The van der Waals surface area contributed by atoms with Crippen molar-refractivity contribution in [1.82, 2.24) is 4.90 Å². The number of anilines is 1. The standard InChI is InChI=1S/C15H20N2OS/c1-2-17(10-12-6-5-9-19-12)11-15(18)13-7-3-4-8-14(13)16/h3-9,15,18H,2,10-11,16H2,1H3. The molecule has 102 valence electrons. The molecule has 0 aliphatic heterocycles. The summed E-state index contributed by atoms with van der Waals surface area (Å²) in [4.78, 5) is 3.54. The Balaban J connectivity index is 2.00. The predicted molar refractivity (Wildman–Crippen MR) is 81.1 cm³/mol. The number of hydrogen-bond donors (Lipinski definition) is 2. The lowest BCUT2D eigenvalue weighted by atomic mass is 10.1. The van der Waals surface area contributed by atoms with Crippen molar-refractivity contribution in [2.24, 2.45) is 0 Å². The molecule has 19 heavy (non-hydrogen) atoms. The third kappa shape index (κ3) is 3.80. The van der Waals surface area contributed by atoms with Crippen molar-refractivity contribution in [3.8, 4) is 0 Å². The molecule has 2 aromatic rings. The first-order valence-electron chi connectivity index (χ1n) is 6.48. The zero-order valence-corrected chi connectivity index (χ0v) is 11.9. The lowest BCUT2D eigenvalue weighted by Gasteiger charge is -2.23. The van der Waals surface area contributed by atoms with E-state index in [0.717, 1.165) is 18.7 Å². The van der Waals surface area contributed by atoms with Gasteiger partial charge in [-0.15, -0.1) is 11.3 Å². The number of aliphatic hydroxyl groups is 1. The molecule has 0 fully saturated rings. The van der Waals surface area contributed by atoms with Crippen LogP contribution in [0, 0.1) is 0 Å². The smallest absolute Gasteiger partial charge is 0.0936 e. The van der Waals surface area contributed by atoms with Gasteiger partial charge in [0.2, 0.25) is 0 Å². The summed E-state index contributed by atoms with van der Waals surface area (Å²) in [5.74, 6) is 0. The van der Waals surface area contributed by atoms with Crippen LogP contribution in [0.3, 0.4) is 0 Å². The number of aliphatic hydroxyl groups excluding tert-OH is 1. The van der Waals surface area contributed by atoms with E-state index in [9.17, 15) is 5.11 Å². The third-order valence-electron chi connectivity index (χ3n) is 3.19. The van der Waals surface area contributed by atoms with Crippen LogP contribution < -0.4 is 5.73 Å². The molecule has 1 aromatic heterocycles. The fourth-order valence-corrected chi connectivity index (χ4v) is 2.83. The molecule has 1 unspecified atom stereocenters. The van der Waals surface area contributed by atoms with Gasteiger partial charge in [0.05, 0.1) is 6.10 Å². The number of para-hydroxylation sites is 1. The molecule has 0 aliphatic carbocycles. The van der Waals surface area contributed by atoms with E-state index in [1.165, 1.54) is 4.88 Å². The van der Waals surface area contributed by atoms with Gasteiger partial charge in [-0.05, 0) is 24.1 Å². The summed E-state index contributed by atoms with van der Waals surface area (Å²) in [5, 5.41) is 12.4. The first-order valence-corrected chi connectivity index (χ1v) is 7.36. The minimum atomic E-state index is -0.541. The van der Waals surface area contributed by atoms with E-state index in [2.05, 4.69) is 29.3 Å². The SMILES string of the molecule is CCN(Cc1cccs1)CC(O)c1ccccc1N. The molecule has 3 N–H and O–H groups in total. The lowest BCUT2D eigenvalue weighted by Crippen LogP contribution is -2.28. The largest absolute Gasteiger partial charge is 0.398 e. The number of hydrogen-bond acceptors (Lipinski definition) is 4. The highest BCUT2D eigenvalue weighted by Gasteiger charge is 2.15. The number of nitrogens with two attached hydrogens (primary N) is 1. The Morgan fingerprint density at radius 3 is 2.68 bits per heavy atom. The summed E-state index contributed by atoms with van der Waals surface area (Å²) < 4.78 is 0. The molecule has 0 amide bonds. The highest BCUT2D eigenvalue weighted by atomic mass is 32.1. The average Bonchev–Trinajstić information content (AvgIpc) is 2.91. The minimum absolute atomic E-state index is 0.541. The first-order chi connectivity index (χ1) is 9.20. The third-order valence-corrected chi connectivity index (χ3v) is 4.05. The van der Waals surface area contributed by atoms with Gasteiger partial charge in [0.15, 0.2) is 0 Å². The summed E-state index contributed by atoms with van der Waals surface area (Å²) in [6, 6.07) is 11.7. The van der Waals surface area contributed by atoms with E-state index >= 15 is 0 Å². The maximum atomic E-state index is 10.3. The highest BCUT2D eigenvalue weighted by Crippen LogP contribution is 2.22. The normalized spacial score (nSPS) is 12.8. The van der Waals surface area contributed by atoms with Gasteiger partial charge in [0.1, 0.15) is 0 Å². The van der Waals surface area contributed by atoms with Crippen LogP contribution in [0.15, 0.2) is 41.8 Å². The number of nitrogens with zero attached hydrogens (tertiary/aromatic N) is 1. The summed E-state index contributed by atoms with van der Waals surface area (Å²) in [6.07, 6.45) is -0.541. The molecular weight excluding hydrogens is 256 g/mol. The second-order valence-electron chi connectivity index (χ2n) is 4.55. The lowest BCUT2D eigenvalue weighted by molar-refractivity contribution is 0.113. The number of rotatable bonds is 6.